The summed E-state index contributed by atoms with van der Waals surface area (Å²) in [5.41, 5.74) is 2.63. The average molecular weight is 311 g/mol. The predicted octanol–water partition coefficient (Wildman–Crippen LogP) is 3.58. The van der Waals surface area contributed by atoms with E-state index in [1.165, 1.54) is 22.1 Å². The summed E-state index contributed by atoms with van der Waals surface area (Å²) >= 11 is 3.69. The molecule has 1 saturated heterocycles. The average Bonchev–Trinajstić information content (AvgIpc) is 2.28. The summed E-state index contributed by atoms with van der Waals surface area (Å²) < 4.78 is 1.22. The SMILES string of the molecule is Cc1ccc(N2CCNC(CC(C)C)C2)c(Br)c1. The smallest absolute Gasteiger partial charge is 0.0511 e. The number of benzene rings is 1. The Labute approximate surface area is 119 Å². The van der Waals surface area contributed by atoms with Crippen LogP contribution in [0.5, 0.6) is 0 Å². The Hall–Kier alpha value is -0.540. The van der Waals surface area contributed by atoms with Crippen molar-refractivity contribution in [3.8, 4) is 0 Å². The van der Waals surface area contributed by atoms with Crippen LogP contribution in [0.3, 0.4) is 0 Å². The van der Waals surface area contributed by atoms with Gasteiger partial charge >= 0.3 is 0 Å². The summed E-state index contributed by atoms with van der Waals surface area (Å²) in [6.45, 7) is 10.0. The van der Waals surface area contributed by atoms with Gasteiger partial charge in [-0.15, -0.1) is 0 Å². The molecular formula is C15H23BrN2. The van der Waals surface area contributed by atoms with Crippen molar-refractivity contribution >= 4 is 21.6 Å². The van der Waals surface area contributed by atoms with Crippen molar-refractivity contribution in [1.29, 1.82) is 0 Å². The Morgan fingerprint density at radius 1 is 1.44 bits per heavy atom. The highest BCUT2D eigenvalue weighted by atomic mass is 79.9. The Morgan fingerprint density at radius 3 is 2.89 bits per heavy atom. The van der Waals surface area contributed by atoms with Crippen LogP contribution in [0, 0.1) is 12.8 Å². The van der Waals surface area contributed by atoms with Gasteiger partial charge in [-0.05, 0) is 52.9 Å². The number of rotatable bonds is 3. The molecule has 100 valence electrons. The summed E-state index contributed by atoms with van der Waals surface area (Å²) in [4.78, 5) is 2.49. The second-order valence-corrected chi connectivity index (χ2v) is 6.54. The monoisotopic (exact) mass is 310 g/mol. The lowest BCUT2D eigenvalue weighted by Crippen LogP contribution is -2.51. The van der Waals surface area contributed by atoms with Crippen molar-refractivity contribution < 1.29 is 0 Å². The molecule has 1 aliphatic heterocycles. The number of hydrogen-bond donors (Lipinski definition) is 1. The first-order valence-corrected chi connectivity index (χ1v) is 7.60. The van der Waals surface area contributed by atoms with Crippen molar-refractivity contribution in [1.82, 2.24) is 5.32 Å². The van der Waals surface area contributed by atoms with Gasteiger partial charge in [0.15, 0.2) is 0 Å². The minimum Gasteiger partial charge on any atom is -0.368 e. The summed E-state index contributed by atoms with van der Waals surface area (Å²) in [5.74, 6) is 0.754. The molecule has 1 aliphatic rings. The van der Waals surface area contributed by atoms with Crippen LogP contribution in [0.2, 0.25) is 0 Å². The Balaban J connectivity index is 2.08. The minimum atomic E-state index is 0.618. The summed E-state index contributed by atoms with van der Waals surface area (Å²) in [5, 5.41) is 3.62. The second-order valence-electron chi connectivity index (χ2n) is 5.68. The molecule has 1 heterocycles. The summed E-state index contributed by atoms with van der Waals surface area (Å²) in [6.07, 6.45) is 1.25. The molecule has 2 nitrogen and oxygen atoms in total. The lowest BCUT2D eigenvalue weighted by molar-refractivity contribution is 0.388. The zero-order valence-corrected chi connectivity index (χ0v) is 13.1. The highest BCUT2D eigenvalue weighted by Crippen LogP contribution is 2.28. The fourth-order valence-corrected chi connectivity index (χ4v) is 3.38. The van der Waals surface area contributed by atoms with E-state index in [-0.39, 0.29) is 0 Å². The Bertz CT molecular complexity index is 403. The first-order valence-electron chi connectivity index (χ1n) is 6.80. The van der Waals surface area contributed by atoms with Gasteiger partial charge in [-0.25, -0.2) is 0 Å². The number of nitrogens with zero attached hydrogens (tertiary/aromatic N) is 1. The van der Waals surface area contributed by atoms with E-state index in [2.05, 4.69) is 65.1 Å². The molecule has 3 heteroatoms. The Morgan fingerprint density at radius 2 is 2.22 bits per heavy atom. The number of nitrogens with one attached hydrogen (secondary N) is 1. The zero-order chi connectivity index (χ0) is 13.1. The maximum absolute atomic E-state index is 3.69. The van der Waals surface area contributed by atoms with Crippen LogP contribution in [0.15, 0.2) is 22.7 Å². The highest BCUT2D eigenvalue weighted by Gasteiger charge is 2.21. The van der Waals surface area contributed by atoms with E-state index in [1.54, 1.807) is 0 Å². The molecule has 1 N–H and O–H groups in total. The third kappa shape index (κ3) is 3.48. The van der Waals surface area contributed by atoms with E-state index in [9.17, 15) is 0 Å². The van der Waals surface area contributed by atoms with Crippen molar-refractivity contribution in [2.75, 3.05) is 24.5 Å². The van der Waals surface area contributed by atoms with Crippen molar-refractivity contribution in [3.63, 3.8) is 0 Å². The van der Waals surface area contributed by atoms with E-state index in [4.69, 9.17) is 0 Å². The zero-order valence-electron chi connectivity index (χ0n) is 11.5. The molecule has 0 saturated carbocycles. The lowest BCUT2D eigenvalue weighted by Gasteiger charge is -2.36. The molecule has 1 unspecified atom stereocenters. The molecule has 0 spiro atoms. The summed E-state index contributed by atoms with van der Waals surface area (Å²) in [6, 6.07) is 7.25. The fourth-order valence-electron chi connectivity index (χ4n) is 2.64. The van der Waals surface area contributed by atoms with Crippen LogP contribution in [-0.2, 0) is 0 Å². The van der Waals surface area contributed by atoms with Crippen LogP contribution in [0.1, 0.15) is 25.8 Å². The number of halogens is 1. The van der Waals surface area contributed by atoms with Gasteiger partial charge in [-0.2, -0.15) is 0 Å². The van der Waals surface area contributed by atoms with E-state index < -0.39 is 0 Å². The van der Waals surface area contributed by atoms with Crippen LogP contribution in [0.25, 0.3) is 0 Å². The molecule has 0 radical (unpaired) electrons. The van der Waals surface area contributed by atoms with E-state index in [0.717, 1.165) is 25.6 Å². The molecule has 0 amide bonds. The third-order valence-corrected chi connectivity index (χ3v) is 4.09. The minimum absolute atomic E-state index is 0.618. The summed E-state index contributed by atoms with van der Waals surface area (Å²) in [7, 11) is 0. The molecule has 1 fully saturated rings. The molecule has 1 atom stereocenters. The van der Waals surface area contributed by atoms with Gasteiger partial charge in [0.25, 0.3) is 0 Å². The molecule has 2 rings (SSSR count). The second kappa shape index (κ2) is 6.07. The molecule has 0 bridgehead atoms. The van der Waals surface area contributed by atoms with Crippen molar-refractivity contribution in [3.05, 3.63) is 28.2 Å². The van der Waals surface area contributed by atoms with Crippen molar-refractivity contribution in [2.45, 2.75) is 33.2 Å². The van der Waals surface area contributed by atoms with Crippen LogP contribution < -0.4 is 10.2 Å². The van der Waals surface area contributed by atoms with Gasteiger partial charge in [0.1, 0.15) is 0 Å². The van der Waals surface area contributed by atoms with Crippen LogP contribution >= 0.6 is 15.9 Å². The van der Waals surface area contributed by atoms with Gasteiger partial charge in [-0.3, -0.25) is 0 Å². The van der Waals surface area contributed by atoms with Gasteiger partial charge in [0.2, 0.25) is 0 Å². The van der Waals surface area contributed by atoms with Gasteiger partial charge in [0.05, 0.1) is 5.69 Å². The first-order chi connectivity index (χ1) is 8.56. The molecular weight excluding hydrogens is 288 g/mol. The third-order valence-electron chi connectivity index (χ3n) is 3.46. The predicted molar refractivity (Wildman–Crippen MR) is 82.3 cm³/mol. The molecule has 1 aromatic carbocycles. The standard InChI is InChI=1S/C15H23BrN2/c1-11(2)8-13-10-18(7-6-17-13)15-5-4-12(3)9-14(15)16/h4-5,9,11,13,17H,6-8,10H2,1-3H3. The van der Waals surface area contributed by atoms with Crippen LogP contribution in [-0.4, -0.2) is 25.7 Å². The topological polar surface area (TPSA) is 15.3 Å². The maximum atomic E-state index is 3.69. The highest BCUT2D eigenvalue weighted by molar-refractivity contribution is 9.10. The normalized spacial score (nSPS) is 20.5. The van der Waals surface area contributed by atoms with Gasteiger partial charge in [0, 0.05) is 30.1 Å². The quantitative estimate of drug-likeness (QED) is 0.918. The molecule has 0 aliphatic carbocycles. The number of anilines is 1. The van der Waals surface area contributed by atoms with E-state index in [1.807, 2.05) is 0 Å². The number of hydrogen-bond acceptors (Lipinski definition) is 2. The largest absolute Gasteiger partial charge is 0.368 e. The van der Waals surface area contributed by atoms with Crippen molar-refractivity contribution in [2.24, 2.45) is 5.92 Å². The number of aryl methyl sites for hydroxylation is 1. The first kappa shape index (κ1) is 13.9. The molecule has 18 heavy (non-hydrogen) atoms. The Kier molecular flexibility index (Phi) is 4.68. The van der Waals surface area contributed by atoms with E-state index >= 15 is 0 Å². The molecule has 1 aromatic rings. The molecule has 0 aromatic heterocycles. The lowest BCUT2D eigenvalue weighted by atomic mass is 10.0. The number of piperazine rings is 1. The van der Waals surface area contributed by atoms with Crippen LogP contribution in [0.4, 0.5) is 5.69 Å². The maximum Gasteiger partial charge on any atom is 0.0511 e. The van der Waals surface area contributed by atoms with E-state index in [0.29, 0.717) is 6.04 Å². The van der Waals surface area contributed by atoms with Gasteiger partial charge in [-0.1, -0.05) is 19.9 Å². The fraction of sp³-hybridized carbons (Fsp3) is 0.600. The van der Waals surface area contributed by atoms with Gasteiger partial charge < -0.3 is 10.2 Å².